The van der Waals surface area contributed by atoms with Crippen molar-refractivity contribution < 1.29 is 9.53 Å². The Morgan fingerprint density at radius 1 is 1.25 bits per heavy atom. The van der Waals surface area contributed by atoms with E-state index in [1.54, 1.807) is 19.4 Å². The molecular weight excluding hydrogens is 304 g/mol. The van der Waals surface area contributed by atoms with Crippen molar-refractivity contribution in [2.75, 3.05) is 24.3 Å². The van der Waals surface area contributed by atoms with Gasteiger partial charge in [-0.15, -0.1) is 0 Å². The first kappa shape index (κ1) is 16.1. The highest BCUT2D eigenvalue weighted by Gasteiger charge is 2.23. The van der Waals surface area contributed by atoms with Crippen molar-refractivity contribution in [3.63, 3.8) is 0 Å². The van der Waals surface area contributed by atoms with Gasteiger partial charge in [-0.1, -0.05) is 18.2 Å². The first-order valence-electron chi connectivity index (χ1n) is 8.14. The van der Waals surface area contributed by atoms with Crippen LogP contribution in [0.1, 0.15) is 18.4 Å². The van der Waals surface area contributed by atoms with E-state index in [2.05, 4.69) is 27.0 Å². The lowest BCUT2D eigenvalue weighted by atomic mass is 10.1. The molecule has 0 unspecified atom stereocenters. The van der Waals surface area contributed by atoms with Gasteiger partial charge in [0.2, 0.25) is 0 Å². The van der Waals surface area contributed by atoms with Gasteiger partial charge in [-0.3, -0.25) is 5.32 Å². The number of benzene rings is 1. The van der Waals surface area contributed by atoms with Gasteiger partial charge in [-0.05, 0) is 43.0 Å². The molecule has 0 spiro atoms. The normalized spacial score (nSPS) is 13.2. The summed E-state index contributed by atoms with van der Waals surface area (Å²) >= 11 is 0. The minimum atomic E-state index is -0.193. The summed E-state index contributed by atoms with van der Waals surface area (Å²) in [6.45, 7) is 0.775. The SMILES string of the molecule is COc1ccccc1CCNc1ccc(NC(=O)NC2CC2)nc1. The summed E-state index contributed by atoms with van der Waals surface area (Å²) in [4.78, 5) is 15.9. The second kappa shape index (κ2) is 7.68. The fraction of sp³-hybridized carbons (Fsp3) is 0.333. The molecule has 3 rings (SSSR count). The van der Waals surface area contributed by atoms with Crippen molar-refractivity contribution in [1.82, 2.24) is 10.3 Å². The van der Waals surface area contributed by atoms with Crippen LogP contribution >= 0.6 is 0 Å². The number of hydrogen-bond acceptors (Lipinski definition) is 4. The molecule has 1 aliphatic carbocycles. The first-order chi connectivity index (χ1) is 11.7. The maximum absolute atomic E-state index is 11.6. The number of ether oxygens (including phenoxy) is 1. The lowest BCUT2D eigenvalue weighted by Crippen LogP contribution is -2.30. The summed E-state index contributed by atoms with van der Waals surface area (Å²) in [5, 5.41) is 8.92. The Balaban J connectivity index is 1.46. The number of nitrogens with zero attached hydrogens (tertiary/aromatic N) is 1. The number of para-hydroxylation sites is 1. The molecule has 1 fully saturated rings. The Morgan fingerprint density at radius 3 is 2.79 bits per heavy atom. The molecule has 6 nitrogen and oxygen atoms in total. The third-order valence-electron chi connectivity index (χ3n) is 3.83. The minimum Gasteiger partial charge on any atom is -0.496 e. The van der Waals surface area contributed by atoms with Gasteiger partial charge in [-0.2, -0.15) is 0 Å². The molecule has 0 aliphatic heterocycles. The zero-order valence-corrected chi connectivity index (χ0v) is 13.7. The van der Waals surface area contributed by atoms with E-state index >= 15 is 0 Å². The molecule has 1 aromatic carbocycles. The fourth-order valence-electron chi connectivity index (χ4n) is 2.39. The monoisotopic (exact) mass is 326 g/mol. The van der Waals surface area contributed by atoms with Crippen molar-refractivity contribution in [2.24, 2.45) is 0 Å². The molecule has 2 aromatic rings. The van der Waals surface area contributed by atoms with Crippen LogP contribution in [0, 0.1) is 0 Å². The summed E-state index contributed by atoms with van der Waals surface area (Å²) in [7, 11) is 1.68. The predicted octanol–water partition coefficient (Wildman–Crippen LogP) is 3.03. The topological polar surface area (TPSA) is 75.3 Å². The molecule has 0 bridgehead atoms. The van der Waals surface area contributed by atoms with E-state index in [1.807, 2.05) is 24.3 Å². The molecule has 1 aromatic heterocycles. The number of urea groups is 1. The van der Waals surface area contributed by atoms with E-state index in [1.165, 1.54) is 0 Å². The second-order valence-corrected chi connectivity index (χ2v) is 5.79. The van der Waals surface area contributed by atoms with Gasteiger partial charge >= 0.3 is 6.03 Å². The molecule has 0 radical (unpaired) electrons. The van der Waals surface area contributed by atoms with E-state index in [0.717, 1.165) is 42.8 Å². The highest BCUT2D eigenvalue weighted by atomic mass is 16.5. The largest absolute Gasteiger partial charge is 0.496 e. The van der Waals surface area contributed by atoms with Crippen LogP contribution in [0.25, 0.3) is 0 Å². The van der Waals surface area contributed by atoms with Gasteiger partial charge in [0, 0.05) is 12.6 Å². The number of aromatic nitrogens is 1. The second-order valence-electron chi connectivity index (χ2n) is 5.79. The van der Waals surface area contributed by atoms with Crippen LogP contribution in [-0.4, -0.2) is 30.7 Å². The minimum absolute atomic E-state index is 0.193. The van der Waals surface area contributed by atoms with Crippen LogP contribution < -0.4 is 20.7 Å². The number of methoxy groups -OCH3 is 1. The van der Waals surface area contributed by atoms with Gasteiger partial charge in [0.25, 0.3) is 0 Å². The van der Waals surface area contributed by atoms with Crippen molar-refractivity contribution in [1.29, 1.82) is 0 Å². The molecule has 6 heteroatoms. The Labute approximate surface area is 141 Å². The number of amides is 2. The third-order valence-corrected chi connectivity index (χ3v) is 3.83. The van der Waals surface area contributed by atoms with E-state index in [0.29, 0.717) is 11.9 Å². The number of anilines is 2. The van der Waals surface area contributed by atoms with Crippen molar-refractivity contribution in [3.8, 4) is 5.75 Å². The van der Waals surface area contributed by atoms with Crippen molar-refractivity contribution in [3.05, 3.63) is 48.2 Å². The molecule has 1 aliphatic rings. The van der Waals surface area contributed by atoms with Crippen LogP contribution in [0.2, 0.25) is 0 Å². The van der Waals surface area contributed by atoms with Gasteiger partial charge in [0.1, 0.15) is 11.6 Å². The lowest BCUT2D eigenvalue weighted by molar-refractivity contribution is 0.251. The molecule has 2 amide bonds. The summed E-state index contributed by atoms with van der Waals surface area (Å²) < 4.78 is 5.35. The van der Waals surface area contributed by atoms with E-state index in [-0.39, 0.29) is 6.03 Å². The molecule has 0 atom stereocenters. The van der Waals surface area contributed by atoms with Crippen molar-refractivity contribution in [2.45, 2.75) is 25.3 Å². The Bertz CT molecular complexity index is 684. The number of pyridine rings is 1. The Morgan fingerprint density at radius 2 is 2.08 bits per heavy atom. The fourth-order valence-corrected chi connectivity index (χ4v) is 2.39. The van der Waals surface area contributed by atoms with E-state index in [9.17, 15) is 4.79 Å². The van der Waals surface area contributed by atoms with Gasteiger partial charge in [0.05, 0.1) is 19.0 Å². The molecule has 1 heterocycles. The van der Waals surface area contributed by atoms with E-state index < -0.39 is 0 Å². The number of rotatable bonds is 7. The summed E-state index contributed by atoms with van der Waals surface area (Å²) in [5.41, 5.74) is 2.08. The van der Waals surface area contributed by atoms with Crippen LogP contribution in [0.5, 0.6) is 5.75 Å². The standard InChI is InChI=1S/C18H22N4O2/c1-24-16-5-3-2-4-13(16)10-11-19-15-8-9-17(20-12-15)22-18(23)21-14-6-7-14/h2-5,8-9,12,14,19H,6-7,10-11H2,1H3,(H2,20,21,22,23). The molecule has 24 heavy (non-hydrogen) atoms. The molecule has 126 valence electrons. The van der Waals surface area contributed by atoms with Gasteiger partial charge in [0.15, 0.2) is 0 Å². The van der Waals surface area contributed by atoms with Crippen LogP contribution in [0.15, 0.2) is 42.6 Å². The Hall–Kier alpha value is -2.76. The van der Waals surface area contributed by atoms with E-state index in [4.69, 9.17) is 4.74 Å². The first-order valence-corrected chi connectivity index (χ1v) is 8.14. The number of nitrogens with one attached hydrogen (secondary N) is 3. The Kier molecular flexibility index (Phi) is 5.15. The maximum Gasteiger partial charge on any atom is 0.320 e. The average molecular weight is 326 g/mol. The molecular formula is C18H22N4O2. The smallest absolute Gasteiger partial charge is 0.320 e. The molecule has 3 N–H and O–H groups in total. The predicted molar refractivity (Wildman–Crippen MR) is 94.6 cm³/mol. The van der Waals surface area contributed by atoms with Crippen LogP contribution in [-0.2, 0) is 6.42 Å². The van der Waals surface area contributed by atoms with Crippen molar-refractivity contribution >= 4 is 17.5 Å². The third kappa shape index (κ3) is 4.62. The maximum atomic E-state index is 11.6. The number of carbonyl (C=O) groups excluding carboxylic acids is 1. The summed E-state index contributed by atoms with van der Waals surface area (Å²) in [6, 6.07) is 11.8. The number of carbonyl (C=O) groups is 1. The number of hydrogen-bond donors (Lipinski definition) is 3. The summed E-state index contributed by atoms with van der Waals surface area (Å²) in [6.07, 6.45) is 4.70. The van der Waals surface area contributed by atoms with Crippen LogP contribution in [0.3, 0.4) is 0 Å². The van der Waals surface area contributed by atoms with Gasteiger partial charge < -0.3 is 15.4 Å². The molecule has 1 saturated carbocycles. The van der Waals surface area contributed by atoms with Crippen LogP contribution in [0.4, 0.5) is 16.3 Å². The highest BCUT2D eigenvalue weighted by molar-refractivity contribution is 5.88. The molecule has 0 saturated heterocycles. The quantitative estimate of drug-likeness (QED) is 0.731. The zero-order chi connectivity index (χ0) is 16.8. The lowest BCUT2D eigenvalue weighted by Gasteiger charge is -2.10. The highest BCUT2D eigenvalue weighted by Crippen LogP contribution is 2.19. The van der Waals surface area contributed by atoms with Gasteiger partial charge in [-0.25, -0.2) is 9.78 Å². The average Bonchev–Trinajstić information content (AvgIpc) is 3.40. The summed E-state index contributed by atoms with van der Waals surface area (Å²) in [5.74, 6) is 1.45. The zero-order valence-electron chi connectivity index (χ0n) is 13.7.